The van der Waals surface area contributed by atoms with E-state index in [1.165, 1.54) is 49.3 Å². The summed E-state index contributed by atoms with van der Waals surface area (Å²) in [6, 6.07) is 11.5. The second-order valence-corrected chi connectivity index (χ2v) is 12.0. The van der Waals surface area contributed by atoms with Crippen LogP contribution in [0.25, 0.3) is 34.2 Å². The highest BCUT2D eigenvalue weighted by molar-refractivity contribution is 6.33. The third-order valence-corrected chi connectivity index (χ3v) is 6.97. The van der Waals surface area contributed by atoms with Gasteiger partial charge in [0.2, 0.25) is 0 Å². The van der Waals surface area contributed by atoms with Crippen LogP contribution in [0.15, 0.2) is 57.8 Å². The summed E-state index contributed by atoms with van der Waals surface area (Å²) in [5, 5.41) is 25.9. The SMILES string of the molecule is CN(C)/C=C(\C(=O)C(F)(F)F)c1onc(-c2c(F)cccc2Cl)c1C#N.CN(C)/C=C/c1onc(-c2c(F)cccc2Cl)c1C#N.O=C(OC(=O)C(F)(F)F)C(F)(F)F. The van der Waals surface area contributed by atoms with Crippen LogP contribution in [0.5, 0.6) is 0 Å². The number of hydrogen-bond acceptors (Lipinski definition) is 12. The molecule has 25 heteroatoms. The number of rotatable bonds is 7. The molecule has 0 unspecified atom stereocenters. The number of nitrogens with zero attached hydrogens (tertiary/aromatic N) is 6. The molecule has 314 valence electrons. The van der Waals surface area contributed by atoms with E-state index in [0.29, 0.717) is 0 Å². The van der Waals surface area contributed by atoms with E-state index >= 15 is 0 Å². The fourth-order valence-corrected chi connectivity index (χ4v) is 4.44. The zero-order valence-electron chi connectivity index (χ0n) is 29.7. The fourth-order valence-electron chi connectivity index (χ4n) is 3.94. The van der Waals surface area contributed by atoms with Gasteiger partial charge >= 0.3 is 30.5 Å². The Labute approximate surface area is 333 Å². The van der Waals surface area contributed by atoms with Crippen molar-refractivity contribution in [2.45, 2.75) is 18.5 Å². The van der Waals surface area contributed by atoms with Crippen LogP contribution in [0.3, 0.4) is 0 Å². The molecule has 0 N–H and O–H groups in total. The number of benzene rings is 2. The molecule has 2 aromatic heterocycles. The Hall–Kier alpha value is -6.46. The maximum atomic E-state index is 14.1. The van der Waals surface area contributed by atoms with Gasteiger partial charge in [-0.2, -0.15) is 50.0 Å². The van der Waals surface area contributed by atoms with E-state index in [9.17, 15) is 73.2 Å². The molecule has 0 radical (unpaired) electrons. The quantitative estimate of drug-likeness (QED) is 0.0751. The number of esters is 2. The summed E-state index contributed by atoms with van der Waals surface area (Å²) in [6.45, 7) is 0. The van der Waals surface area contributed by atoms with Crippen LogP contribution in [0.2, 0.25) is 10.0 Å². The number of carbonyl (C=O) groups excluding carboxylic acids is 3. The van der Waals surface area contributed by atoms with Crippen molar-refractivity contribution in [1.82, 2.24) is 20.1 Å². The third kappa shape index (κ3) is 13.0. The van der Waals surface area contributed by atoms with Gasteiger partial charge in [0.05, 0.1) is 26.7 Å². The van der Waals surface area contributed by atoms with Gasteiger partial charge in [0, 0.05) is 46.7 Å². The van der Waals surface area contributed by atoms with Crippen LogP contribution in [0.1, 0.15) is 22.6 Å². The summed E-state index contributed by atoms with van der Waals surface area (Å²) in [4.78, 5) is 34.0. The molecular weight excluding hydrogens is 868 g/mol. The summed E-state index contributed by atoms with van der Waals surface area (Å²) >= 11 is 11.9. The van der Waals surface area contributed by atoms with Gasteiger partial charge in [0.1, 0.15) is 46.3 Å². The molecule has 0 saturated carbocycles. The minimum absolute atomic E-state index is 0.0685. The van der Waals surface area contributed by atoms with Crippen molar-refractivity contribution in [3.8, 4) is 34.7 Å². The molecule has 59 heavy (non-hydrogen) atoms. The Morgan fingerprint density at radius 2 is 1.15 bits per heavy atom. The van der Waals surface area contributed by atoms with Gasteiger partial charge in [-0.3, -0.25) is 4.79 Å². The molecular formula is C34H21Cl2F11N6O6. The topological polar surface area (TPSA) is 167 Å². The first kappa shape index (κ1) is 48.7. The number of carbonyl (C=O) groups is 3. The highest BCUT2D eigenvalue weighted by atomic mass is 35.5. The fraction of sp³-hybridized carbons (Fsp3) is 0.206. The normalized spacial score (nSPS) is 11.7. The molecule has 0 amide bonds. The Bertz CT molecular complexity index is 2270. The van der Waals surface area contributed by atoms with Gasteiger partial charge < -0.3 is 23.6 Å². The van der Waals surface area contributed by atoms with Crippen LogP contribution in [0.4, 0.5) is 48.3 Å². The summed E-state index contributed by atoms with van der Waals surface area (Å²) < 4.78 is 146. The molecule has 0 aliphatic carbocycles. The first-order chi connectivity index (χ1) is 27.2. The standard InChI is InChI=1S/C16H10ClF4N3O2.C14H11ClFN3O.C4F6O3/c1-24(2)7-9(15(25)16(19,20)21)14-8(6-22)13(23-26-14)12-10(17)4-3-5-11(12)18;1-19(2)7-6-12-9(8-17)14(18-20-12)13-10(15)4-3-5-11(13)16;5-3(6,7)1(11)13-2(12)4(8,9)10/h3-5,7H,1-2H3;3-7H,1-2H3;/b9-7-;7-6+;. The van der Waals surface area contributed by atoms with Gasteiger partial charge in [-0.15, -0.1) is 0 Å². The van der Waals surface area contributed by atoms with Gasteiger partial charge in [-0.05, 0) is 24.3 Å². The summed E-state index contributed by atoms with van der Waals surface area (Å²) in [7, 11) is 6.41. The predicted octanol–water partition coefficient (Wildman–Crippen LogP) is 8.76. The van der Waals surface area contributed by atoms with E-state index in [1.54, 1.807) is 23.2 Å². The predicted molar refractivity (Wildman–Crippen MR) is 182 cm³/mol. The van der Waals surface area contributed by atoms with Crippen molar-refractivity contribution in [1.29, 1.82) is 10.5 Å². The largest absolute Gasteiger partial charge is 0.491 e. The number of nitriles is 2. The average molecular weight is 889 g/mol. The molecule has 0 atom stereocenters. The van der Waals surface area contributed by atoms with Crippen molar-refractivity contribution in [3.05, 3.63) is 93.1 Å². The molecule has 0 fully saturated rings. The number of ether oxygens (including phenoxy) is 1. The van der Waals surface area contributed by atoms with Crippen LogP contribution in [0, 0.1) is 34.3 Å². The third-order valence-electron chi connectivity index (χ3n) is 6.34. The van der Waals surface area contributed by atoms with Gasteiger partial charge in [0.15, 0.2) is 11.5 Å². The summed E-state index contributed by atoms with van der Waals surface area (Å²) in [5.74, 6) is -10.5. The molecule has 0 saturated heterocycles. The van der Waals surface area contributed by atoms with Gasteiger partial charge in [0.25, 0.3) is 5.78 Å². The summed E-state index contributed by atoms with van der Waals surface area (Å²) in [5.41, 5.74) is -1.87. The molecule has 0 spiro atoms. The molecule has 2 aromatic carbocycles. The number of allylic oxidation sites excluding steroid dienone is 1. The smallest absolute Gasteiger partial charge is 0.383 e. The molecule has 2 heterocycles. The summed E-state index contributed by atoms with van der Waals surface area (Å²) in [6.07, 6.45) is -12.3. The van der Waals surface area contributed by atoms with Gasteiger partial charge in [-0.25, -0.2) is 18.4 Å². The van der Waals surface area contributed by atoms with Crippen LogP contribution >= 0.6 is 23.2 Å². The minimum Gasteiger partial charge on any atom is -0.383 e. The van der Waals surface area contributed by atoms with Crippen molar-refractivity contribution >= 4 is 52.6 Å². The van der Waals surface area contributed by atoms with Crippen molar-refractivity contribution < 1.29 is 76.5 Å². The maximum Gasteiger partial charge on any atom is 0.491 e. The lowest BCUT2D eigenvalue weighted by atomic mass is 10.0. The lowest BCUT2D eigenvalue weighted by Crippen LogP contribution is -2.34. The highest BCUT2D eigenvalue weighted by Crippen LogP contribution is 2.37. The van der Waals surface area contributed by atoms with Crippen molar-refractivity contribution in [2.24, 2.45) is 0 Å². The zero-order valence-corrected chi connectivity index (χ0v) is 31.3. The van der Waals surface area contributed by atoms with E-state index in [-0.39, 0.29) is 38.2 Å². The Morgan fingerprint density at radius 1 is 0.712 bits per heavy atom. The molecule has 0 bridgehead atoms. The molecule has 0 aliphatic rings. The second-order valence-electron chi connectivity index (χ2n) is 11.2. The van der Waals surface area contributed by atoms with Crippen LogP contribution in [-0.2, 0) is 19.1 Å². The highest BCUT2D eigenvalue weighted by Gasteiger charge is 2.49. The molecule has 4 rings (SSSR count). The average Bonchev–Trinajstić information content (AvgIpc) is 3.72. The Kier molecular flexibility index (Phi) is 16.3. The van der Waals surface area contributed by atoms with E-state index in [1.807, 2.05) is 20.2 Å². The van der Waals surface area contributed by atoms with Crippen molar-refractivity contribution in [2.75, 3.05) is 28.2 Å². The Morgan fingerprint density at radius 3 is 1.53 bits per heavy atom. The monoisotopic (exact) mass is 888 g/mol. The first-order valence-corrected chi connectivity index (χ1v) is 15.9. The lowest BCUT2D eigenvalue weighted by Gasteiger charge is -2.11. The van der Waals surface area contributed by atoms with Crippen LogP contribution in [-0.4, -0.2) is 84.6 Å². The van der Waals surface area contributed by atoms with E-state index in [0.717, 1.165) is 12.3 Å². The van der Waals surface area contributed by atoms with Gasteiger partial charge in [-0.1, -0.05) is 45.6 Å². The minimum atomic E-state index is -5.62. The number of hydrogen-bond donors (Lipinski definition) is 0. The van der Waals surface area contributed by atoms with Crippen molar-refractivity contribution in [3.63, 3.8) is 0 Å². The van der Waals surface area contributed by atoms with E-state index in [4.69, 9.17) is 32.2 Å². The molecule has 4 aromatic rings. The number of ketones is 1. The number of aromatic nitrogens is 2. The molecule has 0 aliphatic heterocycles. The van der Waals surface area contributed by atoms with E-state index in [2.05, 4.69) is 15.1 Å². The number of halogens is 13. The maximum absolute atomic E-state index is 14.1. The molecule has 12 nitrogen and oxygen atoms in total. The van der Waals surface area contributed by atoms with Crippen LogP contribution < -0.4 is 0 Å². The second kappa shape index (κ2) is 19.8. The zero-order chi connectivity index (χ0) is 45.2. The number of Topliss-reactive ketones (excluding diaryl/α,β-unsaturated/α-hetero) is 1. The Balaban J connectivity index is 0.000000324. The first-order valence-electron chi connectivity index (χ1n) is 15.1. The number of alkyl halides is 9. The van der Waals surface area contributed by atoms with E-state index < -0.39 is 70.5 Å². The lowest BCUT2D eigenvalue weighted by molar-refractivity contribution is -0.221.